The van der Waals surface area contributed by atoms with Crippen molar-refractivity contribution in [1.82, 2.24) is 0 Å². The molecule has 0 radical (unpaired) electrons. The summed E-state index contributed by atoms with van der Waals surface area (Å²) in [6.07, 6.45) is 104. The Morgan fingerprint density at radius 2 is 0.606 bits per heavy atom. The number of esters is 2. The summed E-state index contributed by atoms with van der Waals surface area (Å²) in [6.45, 7) is 4.36. The van der Waals surface area contributed by atoms with Crippen molar-refractivity contribution in [2.45, 2.75) is 380 Å². The predicted octanol–water partition coefficient (Wildman–Crippen LogP) is 26.6. The van der Waals surface area contributed by atoms with Crippen molar-refractivity contribution in [2.24, 2.45) is 0 Å². The molecule has 0 aromatic carbocycles. The van der Waals surface area contributed by atoms with E-state index in [9.17, 15) is 19.0 Å². The zero-order chi connectivity index (χ0) is 68.3. The minimum absolute atomic E-state index is 0.0314. The normalized spacial score (nSPS) is 13.6. The Hall–Kier alpha value is -3.07. The second-order valence-electron chi connectivity index (χ2n) is 28.1. The number of carbonyl (C=O) groups is 2. The van der Waals surface area contributed by atoms with Gasteiger partial charge in [0.2, 0.25) is 0 Å². The summed E-state index contributed by atoms with van der Waals surface area (Å²) in [4.78, 5) is 36.0. The fraction of sp³-hybridized carbons (Fsp3) is 0.786. The van der Waals surface area contributed by atoms with Crippen molar-refractivity contribution in [1.29, 1.82) is 0 Å². The molecule has 0 aliphatic heterocycles. The molecule has 0 aliphatic rings. The van der Waals surface area contributed by atoms with Crippen LogP contribution in [0.15, 0.2) is 97.2 Å². The summed E-state index contributed by atoms with van der Waals surface area (Å²) in [6, 6.07) is 0. The summed E-state index contributed by atoms with van der Waals surface area (Å²) in [5.41, 5.74) is 0. The number of quaternary nitrogens is 1. The number of phosphoric acid groups is 1. The van der Waals surface area contributed by atoms with Crippen molar-refractivity contribution in [3.63, 3.8) is 0 Å². The van der Waals surface area contributed by atoms with Crippen LogP contribution in [-0.4, -0.2) is 74.9 Å². The Kier molecular flexibility index (Phi) is 71.7. The van der Waals surface area contributed by atoms with Gasteiger partial charge in [-0.05, 0) is 96.3 Å². The van der Waals surface area contributed by atoms with Crippen LogP contribution in [0.4, 0.5) is 0 Å². The van der Waals surface area contributed by atoms with Gasteiger partial charge < -0.3 is 18.9 Å². The SMILES string of the molecule is CC/C=C\C/C=C\C/C=C\C/C=C\C/C=C\CCCCCCCCCCCCCCCCCCCC(=O)OC(COC(=O)CCCCCCCCCCCCCCCCCCCCCCCC/C=C\C/C=C\C/C=C\CCCCCCC)COP(=O)(O)OCC[N+](C)(C)C. The molecule has 94 heavy (non-hydrogen) atoms. The Balaban J connectivity index is 3.94. The molecular weight excluding hydrogens is 1180 g/mol. The quantitative estimate of drug-likeness (QED) is 0.0211. The Bertz CT molecular complexity index is 1910. The largest absolute Gasteiger partial charge is 0.472 e. The van der Waals surface area contributed by atoms with E-state index in [0.717, 1.165) is 77.0 Å². The molecule has 2 unspecified atom stereocenters. The van der Waals surface area contributed by atoms with Gasteiger partial charge in [-0.3, -0.25) is 18.6 Å². The van der Waals surface area contributed by atoms with Crippen molar-refractivity contribution in [3.8, 4) is 0 Å². The van der Waals surface area contributed by atoms with Crippen LogP contribution >= 0.6 is 7.82 Å². The molecule has 0 spiro atoms. The van der Waals surface area contributed by atoms with Gasteiger partial charge in [0.05, 0.1) is 27.7 Å². The van der Waals surface area contributed by atoms with E-state index >= 15 is 0 Å². The lowest BCUT2D eigenvalue weighted by Gasteiger charge is -2.24. The Morgan fingerprint density at radius 3 is 0.904 bits per heavy atom. The van der Waals surface area contributed by atoms with Crippen LogP contribution in [-0.2, 0) is 32.7 Å². The second-order valence-corrected chi connectivity index (χ2v) is 29.5. The number of carbonyl (C=O) groups excluding carboxylic acids is 2. The highest BCUT2D eigenvalue weighted by molar-refractivity contribution is 7.47. The molecule has 0 saturated carbocycles. The number of phosphoric ester groups is 1. The maximum atomic E-state index is 12.9. The van der Waals surface area contributed by atoms with Crippen LogP contribution in [0.3, 0.4) is 0 Å². The van der Waals surface area contributed by atoms with E-state index in [0.29, 0.717) is 23.9 Å². The van der Waals surface area contributed by atoms with Crippen LogP contribution in [0.25, 0.3) is 0 Å². The van der Waals surface area contributed by atoms with Gasteiger partial charge >= 0.3 is 19.8 Å². The van der Waals surface area contributed by atoms with E-state index in [4.69, 9.17) is 18.5 Å². The molecule has 9 nitrogen and oxygen atoms in total. The number of likely N-dealkylation sites (N-methyl/N-ethyl adjacent to an activating group) is 1. The topological polar surface area (TPSA) is 108 Å². The number of allylic oxidation sites excluding steroid dienone is 16. The first-order chi connectivity index (χ1) is 46.0. The first-order valence-corrected chi connectivity index (χ1v) is 41.5. The molecule has 0 bridgehead atoms. The Morgan fingerprint density at radius 1 is 0.340 bits per heavy atom. The second kappa shape index (κ2) is 74.2. The Labute approximate surface area is 583 Å². The van der Waals surface area contributed by atoms with Crippen LogP contribution in [0, 0.1) is 0 Å². The van der Waals surface area contributed by atoms with E-state index in [1.165, 1.54) is 263 Å². The van der Waals surface area contributed by atoms with Crippen LogP contribution < -0.4 is 0 Å². The lowest BCUT2D eigenvalue weighted by molar-refractivity contribution is -0.870. The molecular formula is C84H153NO8P+. The number of hydrogen-bond donors (Lipinski definition) is 1. The third-order valence-corrected chi connectivity index (χ3v) is 18.6. The molecule has 2 atom stereocenters. The fourth-order valence-electron chi connectivity index (χ4n) is 11.5. The lowest BCUT2D eigenvalue weighted by atomic mass is 10.0. The molecule has 0 aliphatic carbocycles. The monoisotopic (exact) mass is 1340 g/mol. The maximum absolute atomic E-state index is 12.9. The summed E-state index contributed by atoms with van der Waals surface area (Å²) in [5, 5.41) is 0. The number of ether oxygens (including phenoxy) is 2. The molecule has 546 valence electrons. The minimum Gasteiger partial charge on any atom is -0.462 e. The van der Waals surface area contributed by atoms with E-state index in [2.05, 4.69) is 111 Å². The highest BCUT2D eigenvalue weighted by atomic mass is 31.2. The molecule has 0 amide bonds. The summed E-state index contributed by atoms with van der Waals surface area (Å²) in [7, 11) is 1.49. The van der Waals surface area contributed by atoms with Crippen molar-refractivity contribution in [2.75, 3.05) is 47.5 Å². The first kappa shape index (κ1) is 90.9. The van der Waals surface area contributed by atoms with E-state index in [1.54, 1.807) is 0 Å². The zero-order valence-corrected chi connectivity index (χ0v) is 63.3. The van der Waals surface area contributed by atoms with Crippen molar-refractivity contribution >= 4 is 19.8 Å². The third kappa shape index (κ3) is 77.9. The highest BCUT2D eigenvalue weighted by Gasteiger charge is 2.27. The van der Waals surface area contributed by atoms with Crippen LogP contribution in [0.2, 0.25) is 0 Å². The van der Waals surface area contributed by atoms with Gasteiger partial charge in [0.15, 0.2) is 6.10 Å². The van der Waals surface area contributed by atoms with E-state index in [-0.39, 0.29) is 25.6 Å². The van der Waals surface area contributed by atoms with Gasteiger partial charge in [0, 0.05) is 12.8 Å². The summed E-state index contributed by atoms with van der Waals surface area (Å²) < 4.78 is 34.8. The molecule has 0 fully saturated rings. The lowest BCUT2D eigenvalue weighted by Crippen LogP contribution is -2.37. The van der Waals surface area contributed by atoms with Crippen molar-refractivity contribution < 1.29 is 42.1 Å². The van der Waals surface area contributed by atoms with Gasteiger partial charge in [-0.1, -0.05) is 361 Å². The molecule has 10 heteroatoms. The highest BCUT2D eigenvalue weighted by Crippen LogP contribution is 2.43. The van der Waals surface area contributed by atoms with Gasteiger partial charge in [-0.25, -0.2) is 4.57 Å². The van der Waals surface area contributed by atoms with Gasteiger partial charge in [-0.2, -0.15) is 0 Å². The number of hydrogen-bond acceptors (Lipinski definition) is 7. The number of unbranched alkanes of at least 4 members (excludes halogenated alkanes) is 44. The molecule has 0 aromatic rings. The molecule has 0 saturated heterocycles. The average Bonchev–Trinajstić information content (AvgIpc) is 1.56. The van der Waals surface area contributed by atoms with Gasteiger partial charge in [0.1, 0.15) is 19.8 Å². The average molecular weight is 1340 g/mol. The first-order valence-electron chi connectivity index (χ1n) is 40.0. The molecule has 0 rings (SSSR count). The van der Waals surface area contributed by atoms with E-state index in [1.807, 2.05) is 21.1 Å². The van der Waals surface area contributed by atoms with Crippen LogP contribution in [0.1, 0.15) is 373 Å². The van der Waals surface area contributed by atoms with Gasteiger partial charge in [-0.15, -0.1) is 0 Å². The zero-order valence-electron chi connectivity index (χ0n) is 62.4. The fourth-order valence-corrected chi connectivity index (χ4v) is 12.3. The van der Waals surface area contributed by atoms with Gasteiger partial charge in [0.25, 0.3) is 0 Å². The minimum atomic E-state index is -4.40. The number of nitrogens with zero attached hydrogens (tertiary/aromatic N) is 1. The molecule has 0 heterocycles. The molecule has 0 aromatic heterocycles. The maximum Gasteiger partial charge on any atom is 0.472 e. The predicted molar refractivity (Wildman–Crippen MR) is 408 cm³/mol. The summed E-state index contributed by atoms with van der Waals surface area (Å²) in [5.74, 6) is -0.781. The third-order valence-electron chi connectivity index (χ3n) is 17.6. The standard InChI is InChI=1S/C84H152NO8P/c1-6-8-10-12-14-16-18-20-22-24-26-28-30-32-34-36-38-40-41-42-43-45-46-48-50-52-54-56-58-60-62-64-66-68-70-72-74-76-83(86)90-80-82(81-92-94(88,89)91-79-78-85(3,4)5)93-84(87)77-75-73-71-69-67-65-63-61-59-57-55-53-51-49-47-44-39-37-35-33-31-29-27-25-23-21-19-17-15-13-11-9-7-2/h9,11,15,17-18,20-21,23-24,26-27,29-30,32-33,35,82H,6-8,10,12-14,16,19,22,25,28,31,34,36-81H2,1-5H3/p+1/b11-9-,17-15-,20-18-,23-21-,26-24-,29-27-,32-30-,35-33-. The number of rotatable bonds is 74. The smallest absolute Gasteiger partial charge is 0.462 e. The van der Waals surface area contributed by atoms with E-state index < -0.39 is 26.5 Å². The molecule has 1 N–H and O–H groups in total. The summed E-state index contributed by atoms with van der Waals surface area (Å²) >= 11 is 0. The van der Waals surface area contributed by atoms with Crippen molar-refractivity contribution in [3.05, 3.63) is 97.2 Å². The van der Waals surface area contributed by atoms with Crippen LogP contribution in [0.5, 0.6) is 0 Å².